The van der Waals surface area contributed by atoms with E-state index >= 15 is 0 Å². The van der Waals surface area contributed by atoms with Crippen molar-refractivity contribution in [3.63, 3.8) is 0 Å². The summed E-state index contributed by atoms with van der Waals surface area (Å²) in [5, 5.41) is 38.8. The molecule has 0 fully saturated rings. The number of allylic oxidation sites excluding steroid dienone is 5. The van der Waals surface area contributed by atoms with Crippen molar-refractivity contribution in [3.05, 3.63) is 71.3 Å². The Kier molecular flexibility index (Phi) is 12.2. The SMILES string of the molecule is N=C1C=CC2C=C(SOO[O-])C=C(O)C2/C1=N/Nc1cc(Nc2cc(F)nc(F)n2)ccc1S(=O)(=O)[O-].[Na+].[Na+]. The maximum Gasteiger partial charge on any atom is 1.00 e. The van der Waals surface area contributed by atoms with Crippen LogP contribution in [-0.2, 0) is 19.5 Å². The number of hydrogen-bond donors (Lipinski definition) is 4. The smallest absolute Gasteiger partial charge is 0.744 e. The van der Waals surface area contributed by atoms with Gasteiger partial charge >= 0.3 is 65.2 Å². The first-order chi connectivity index (χ1) is 17.5. The maximum absolute atomic E-state index is 13.4. The van der Waals surface area contributed by atoms with Crippen LogP contribution >= 0.6 is 12.0 Å². The van der Waals surface area contributed by atoms with E-state index < -0.39 is 38.9 Å². The predicted octanol–water partition coefficient (Wildman–Crippen LogP) is -3.79. The molecule has 0 spiro atoms. The fourth-order valence-corrected chi connectivity index (χ4v) is 4.68. The quantitative estimate of drug-likeness (QED) is 0.0440. The number of rotatable bonds is 8. The second kappa shape index (κ2) is 14.2. The van der Waals surface area contributed by atoms with Gasteiger partial charge in [0, 0.05) is 22.6 Å². The van der Waals surface area contributed by atoms with Crippen LogP contribution in [0.5, 0.6) is 0 Å². The van der Waals surface area contributed by atoms with Gasteiger partial charge in [-0.2, -0.15) is 28.2 Å². The number of fused-ring (bicyclic) bond motifs is 1. The minimum atomic E-state index is -5.00. The second-order valence-corrected chi connectivity index (χ2v) is 9.55. The van der Waals surface area contributed by atoms with Crippen molar-refractivity contribution in [2.45, 2.75) is 4.90 Å². The summed E-state index contributed by atoms with van der Waals surface area (Å²) < 4.78 is 66.3. The van der Waals surface area contributed by atoms with Crippen molar-refractivity contribution in [1.29, 1.82) is 5.41 Å². The molecule has 4 rings (SSSR count). The molecule has 0 amide bonds. The van der Waals surface area contributed by atoms with Crippen molar-refractivity contribution < 1.29 is 101 Å². The number of halogens is 2. The summed E-state index contributed by atoms with van der Waals surface area (Å²) >= 11 is 0.560. The molecule has 2 aromatic rings. The molecule has 0 radical (unpaired) electrons. The van der Waals surface area contributed by atoms with Gasteiger partial charge in [0.05, 0.1) is 40.0 Å². The van der Waals surface area contributed by atoms with Gasteiger partial charge in [-0.1, -0.05) is 12.2 Å². The Morgan fingerprint density at radius 3 is 2.62 bits per heavy atom. The molecule has 2 aliphatic carbocycles. The first-order valence-electron chi connectivity index (χ1n) is 9.98. The molecule has 1 aromatic heterocycles. The molecular formula is C20H14F2N6Na2O7S2. The van der Waals surface area contributed by atoms with Gasteiger partial charge in [0.1, 0.15) is 21.7 Å². The number of aliphatic hydroxyl groups excluding tert-OH is 1. The Labute approximate surface area is 268 Å². The van der Waals surface area contributed by atoms with E-state index in [1.807, 2.05) is 0 Å². The topological polar surface area (TPSA) is 205 Å². The van der Waals surface area contributed by atoms with E-state index in [2.05, 4.69) is 35.2 Å². The predicted molar refractivity (Wildman–Crippen MR) is 123 cm³/mol. The van der Waals surface area contributed by atoms with E-state index in [9.17, 15) is 32.1 Å². The second-order valence-electron chi connectivity index (χ2n) is 7.43. The Bertz CT molecular complexity index is 1470. The summed E-state index contributed by atoms with van der Waals surface area (Å²) in [5.74, 6) is -3.05. The van der Waals surface area contributed by atoms with Crippen LogP contribution in [0.4, 0.5) is 26.0 Å². The van der Waals surface area contributed by atoms with Crippen LogP contribution < -0.4 is 75.1 Å². The van der Waals surface area contributed by atoms with Crippen LogP contribution in [0.25, 0.3) is 0 Å². The van der Waals surface area contributed by atoms with E-state index in [4.69, 9.17) is 5.41 Å². The van der Waals surface area contributed by atoms with Crippen LogP contribution in [0.3, 0.4) is 0 Å². The Morgan fingerprint density at radius 1 is 1.21 bits per heavy atom. The number of benzene rings is 1. The molecule has 4 N–H and O–H groups in total. The van der Waals surface area contributed by atoms with E-state index in [0.29, 0.717) is 16.9 Å². The molecule has 13 nitrogen and oxygen atoms in total. The Balaban J connectivity index is 0.00000267. The minimum Gasteiger partial charge on any atom is -0.744 e. The summed E-state index contributed by atoms with van der Waals surface area (Å²) in [4.78, 5) is 5.88. The molecule has 2 unspecified atom stereocenters. The third-order valence-corrected chi connectivity index (χ3v) is 6.51. The zero-order chi connectivity index (χ0) is 26.7. The van der Waals surface area contributed by atoms with E-state index in [-0.39, 0.29) is 93.5 Å². The molecule has 0 saturated carbocycles. The fourth-order valence-electron chi connectivity index (χ4n) is 3.59. The van der Waals surface area contributed by atoms with Crippen molar-refractivity contribution in [1.82, 2.24) is 9.97 Å². The number of anilines is 3. The van der Waals surface area contributed by atoms with Gasteiger partial charge < -0.3 is 20.2 Å². The van der Waals surface area contributed by atoms with Crippen molar-refractivity contribution in [2.75, 3.05) is 10.7 Å². The average Bonchev–Trinajstić information content (AvgIpc) is 2.81. The first kappa shape index (κ1) is 33.5. The molecule has 0 bridgehead atoms. The third-order valence-electron chi connectivity index (χ3n) is 5.05. The van der Waals surface area contributed by atoms with Crippen molar-refractivity contribution in [3.8, 4) is 0 Å². The van der Waals surface area contributed by atoms with E-state index in [0.717, 1.165) is 24.3 Å². The van der Waals surface area contributed by atoms with E-state index in [1.165, 1.54) is 12.2 Å². The molecule has 1 aromatic carbocycles. The number of nitrogens with zero attached hydrogens (tertiary/aromatic N) is 3. The monoisotopic (exact) mass is 598 g/mol. The number of hydrogen-bond acceptors (Lipinski definition) is 14. The van der Waals surface area contributed by atoms with Gasteiger partial charge in [-0.25, -0.2) is 8.42 Å². The van der Waals surface area contributed by atoms with Gasteiger partial charge in [0.2, 0.25) is 5.95 Å². The summed E-state index contributed by atoms with van der Waals surface area (Å²) in [6.45, 7) is 0. The Hall–Kier alpha value is -1.74. The number of aliphatic hydroxyl groups is 1. The average molecular weight is 598 g/mol. The largest absolute Gasteiger partial charge is 1.00 e. The normalized spacial score (nSPS) is 19.3. The van der Waals surface area contributed by atoms with E-state index in [1.54, 1.807) is 12.2 Å². The maximum atomic E-state index is 13.4. The summed E-state index contributed by atoms with van der Waals surface area (Å²) in [6.07, 6.45) is 4.54. The standard InChI is InChI=1S/C20H16F2N6O7S2.2Na/c21-16-8-17(26-20(22)25-16)24-10-2-4-15(37(31,32)33)13(6-10)27-28-19-12(23)3-1-9-5-11(36-35-34-30)7-14(29)18(9)19;;/h1-9,18,23,27,29-30H,(H,24,25,26)(H,31,32,33);;/q;2*+1/p-2/b23-12?,28-19+;;. The van der Waals surface area contributed by atoms with Gasteiger partial charge in [0.25, 0.3) is 0 Å². The number of aromatic nitrogens is 2. The van der Waals surface area contributed by atoms with Gasteiger partial charge in [-0.05, 0) is 30.4 Å². The first-order valence-corrected chi connectivity index (χ1v) is 12.1. The van der Waals surface area contributed by atoms with Gasteiger partial charge in [0.15, 0.2) is 0 Å². The van der Waals surface area contributed by atoms with Crippen LogP contribution in [0.2, 0.25) is 0 Å². The molecule has 2 atom stereocenters. The summed E-state index contributed by atoms with van der Waals surface area (Å²) in [7, 11) is -5.00. The molecular weight excluding hydrogens is 584 g/mol. The van der Waals surface area contributed by atoms with Crippen LogP contribution in [-0.4, -0.2) is 39.5 Å². The third kappa shape index (κ3) is 8.38. The summed E-state index contributed by atoms with van der Waals surface area (Å²) in [5.41, 5.74) is 2.06. The zero-order valence-corrected chi connectivity index (χ0v) is 25.7. The Morgan fingerprint density at radius 2 is 1.95 bits per heavy atom. The van der Waals surface area contributed by atoms with Crippen molar-refractivity contribution >= 4 is 50.8 Å². The van der Waals surface area contributed by atoms with Gasteiger partial charge in [-0.3, -0.25) is 15.9 Å². The van der Waals surface area contributed by atoms with Crippen molar-refractivity contribution in [2.24, 2.45) is 16.9 Å². The molecule has 194 valence electrons. The van der Waals surface area contributed by atoms with Gasteiger partial charge in [-0.15, -0.1) is 0 Å². The van der Waals surface area contributed by atoms with Crippen LogP contribution in [0.15, 0.2) is 69.2 Å². The minimum absolute atomic E-state index is 0. The molecule has 39 heavy (non-hydrogen) atoms. The fraction of sp³-hybridized carbons (Fsp3) is 0.100. The molecule has 0 saturated heterocycles. The molecule has 0 aliphatic heterocycles. The molecule has 19 heteroatoms. The molecule has 2 aliphatic rings. The van der Waals surface area contributed by atoms with Crippen LogP contribution in [0, 0.1) is 29.3 Å². The number of nitrogens with one attached hydrogen (secondary N) is 3. The van der Waals surface area contributed by atoms with Crippen LogP contribution in [0.1, 0.15) is 0 Å². The molecule has 1 heterocycles. The number of hydrazone groups is 1. The summed E-state index contributed by atoms with van der Waals surface area (Å²) in [6, 6.07) is 4.02. The zero-order valence-electron chi connectivity index (χ0n) is 20.1.